The second-order valence-electron chi connectivity index (χ2n) is 5.43. The highest BCUT2D eigenvalue weighted by molar-refractivity contribution is 7.99. The van der Waals surface area contributed by atoms with Crippen LogP contribution >= 0.6 is 11.8 Å². The van der Waals surface area contributed by atoms with Gasteiger partial charge in [-0.1, -0.05) is 42.1 Å². The molecule has 0 fully saturated rings. The Morgan fingerprint density at radius 3 is 2.88 bits per heavy atom. The van der Waals surface area contributed by atoms with E-state index in [4.69, 9.17) is 4.74 Å². The van der Waals surface area contributed by atoms with E-state index in [2.05, 4.69) is 51.2 Å². The summed E-state index contributed by atoms with van der Waals surface area (Å²) in [6.45, 7) is 1.73. The van der Waals surface area contributed by atoms with E-state index in [1.165, 1.54) is 16.3 Å². The van der Waals surface area contributed by atoms with Crippen LogP contribution in [0.5, 0.6) is 5.75 Å². The van der Waals surface area contributed by atoms with Gasteiger partial charge in [-0.2, -0.15) is 0 Å². The van der Waals surface area contributed by atoms with Crippen molar-refractivity contribution in [2.24, 2.45) is 7.05 Å². The van der Waals surface area contributed by atoms with Crippen molar-refractivity contribution in [2.75, 3.05) is 19.4 Å². The van der Waals surface area contributed by atoms with Crippen molar-refractivity contribution in [3.63, 3.8) is 0 Å². The molecule has 0 aliphatic carbocycles. The average Bonchev–Trinajstić information content (AvgIpc) is 3.02. The van der Waals surface area contributed by atoms with Gasteiger partial charge in [-0.15, -0.1) is 5.10 Å². The summed E-state index contributed by atoms with van der Waals surface area (Å²) < 4.78 is 7.22. The summed E-state index contributed by atoms with van der Waals surface area (Å²) in [4.78, 5) is 0. The molecule has 1 N–H and O–H groups in total. The molecule has 2 aromatic carbocycles. The van der Waals surface area contributed by atoms with E-state index in [-0.39, 0.29) is 0 Å². The van der Waals surface area contributed by atoms with Gasteiger partial charge < -0.3 is 10.1 Å². The summed E-state index contributed by atoms with van der Waals surface area (Å²) in [5, 5.41) is 18.3. The Morgan fingerprint density at radius 2 is 2.08 bits per heavy atom. The average molecular weight is 343 g/mol. The van der Waals surface area contributed by atoms with E-state index in [0.29, 0.717) is 0 Å². The lowest BCUT2D eigenvalue weighted by atomic mass is 10.0. The van der Waals surface area contributed by atoms with Crippen LogP contribution in [0.2, 0.25) is 0 Å². The van der Waals surface area contributed by atoms with Crippen molar-refractivity contribution in [3.05, 3.63) is 42.0 Å². The van der Waals surface area contributed by atoms with Crippen LogP contribution in [0, 0.1) is 0 Å². The van der Waals surface area contributed by atoms with Gasteiger partial charge in [-0.05, 0) is 40.2 Å². The summed E-state index contributed by atoms with van der Waals surface area (Å²) >= 11 is 1.67. The Bertz CT molecular complexity index is 805. The first-order chi connectivity index (χ1) is 11.8. The third-order valence-electron chi connectivity index (χ3n) is 3.83. The SMILES string of the molecule is COc1ccc2ccccc2c1CNCCCSc1nnnn1C. The fraction of sp³-hybridized carbons (Fsp3) is 0.353. The van der Waals surface area contributed by atoms with Crippen LogP contribution in [0.4, 0.5) is 0 Å². The van der Waals surface area contributed by atoms with Crippen molar-refractivity contribution < 1.29 is 4.74 Å². The van der Waals surface area contributed by atoms with Gasteiger partial charge in [0.1, 0.15) is 5.75 Å². The Labute approximate surface area is 145 Å². The second-order valence-corrected chi connectivity index (χ2v) is 6.49. The zero-order chi connectivity index (χ0) is 16.8. The van der Waals surface area contributed by atoms with Crippen LogP contribution in [0.3, 0.4) is 0 Å². The van der Waals surface area contributed by atoms with Gasteiger partial charge in [0.05, 0.1) is 7.11 Å². The molecule has 0 bridgehead atoms. The molecule has 0 aliphatic heterocycles. The molecule has 0 saturated heterocycles. The van der Waals surface area contributed by atoms with Gasteiger partial charge in [0.2, 0.25) is 5.16 Å². The van der Waals surface area contributed by atoms with E-state index in [1.54, 1.807) is 23.6 Å². The number of rotatable bonds is 8. The maximum Gasteiger partial charge on any atom is 0.209 e. The Hall–Kier alpha value is -2.12. The predicted molar refractivity (Wildman–Crippen MR) is 96.3 cm³/mol. The molecule has 1 aromatic heterocycles. The van der Waals surface area contributed by atoms with Gasteiger partial charge in [0.15, 0.2) is 0 Å². The third kappa shape index (κ3) is 3.85. The molecular weight excluding hydrogens is 322 g/mol. The predicted octanol–water partition coefficient (Wildman–Crippen LogP) is 2.64. The number of hydrogen-bond donors (Lipinski definition) is 1. The summed E-state index contributed by atoms with van der Waals surface area (Å²) in [7, 11) is 3.58. The van der Waals surface area contributed by atoms with Crippen molar-refractivity contribution in [1.29, 1.82) is 0 Å². The van der Waals surface area contributed by atoms with E-state index < -0.39 is 0 Å². The maximum absolute atomic E-state index is 5.52. The Balaban J connectivity index is 1.53. The molecule has 126 valence electrons. The summed E-state index contributed by atoms with van der Waals surface area (Å²) in [6, 6.07) is 12.5. The molecule has 0 amide bonds. The maximum atomic E-state index is 5.52. The van der Waals surface area contributed by atoms with Crippen LogP contribution in [0.15, 0.2) is 41.6 Å². The van der Waals surface area contributed by atoms with Crippen LogP contribution in [0.1, 0.15) is 12.0 Å². The number of aromatic nitrogens is 4. The molecular formula is C17H21N5OS. The first-order valence-electron chi connectivity index (χ1n) is 7.90. The van der Waals surface area contributed by atoms with Gasteiger partial charge in [0.25, 0.3) is 0 Å². The van der Waals surface area contributed by atoms with Crippen LogP contribution in [-0.2, 0) is 13.6 Å². The lowest BCUT2D eigenvalue weighted by molar-refractivity contribution is 0.408. The van der Waals surface area contributed by atoms with Gasteiger partial charge in [0, 0.05) is 24.9 Å². The number of nitrogens with zero attached hydrogens (tertiary/aromatic N) is 4. The van der Waals surface area contributed by atoms with E-state index in [9.17, 15) is 0 Å². The molecule has 0 aliphatic rings. The number of nitrogens with one attached hydrogen (secondary N) is 1. The zero-order valence-corrected chi connectivity index (χ0v) is 14.7. The monoisotopic (exact) mass is 343 g/mol. The van der Waals surface area contributed by atoms with Crippen molar-refractivity contribution in [2.45, 2.75) is 18.1 Å². The molecule has 0 atom stereocenters. The van der Waals surface area contributed by atoms with Crippen LogP contribution in [0.25, 0.3) is 10.8 Å². The fourth-order valence-corrected chi connectivity index (χ4v) is 3.40. The number of hydrogen-bond acceptors (Lipinski definition) is 6. The van der Waals surface area contributed by atoms with Gasteiger partial charge in [-0.3, -0.25) is 0 Å². The topological polar surface area (TPSA) is 64.9 Å². The number of methoxy groups -OCH3 is 1. The second kappa shape index (κ2) is 8.12. The summed E-state index contributed by atoms with van der Waals surface area (Å²) in [5.41, 5.74) is 1.21. The molecule has 1 heterocycles. The Kier molecular flexibility index (Phi) is 5.66. The molecule has 0 radical (unpaired) electrons. The molecule has 3 aromatic rings. The van der Waals surface area contributed by atoms with E-state index >= 15 is 0 Å². The van der Waals surface area contributed by atoms with Crippen molar-refractivity contribution >= 4 is 22.5 Å². The molecule has 24 heavy (non-hydrogen) atoms. The van der Waals surface area contributed by atoms with E-state index in [1.807, 2.05) is 13.1 Å². The standard InChI is InChI=1S/C17H21N5OS/c1-22-17(19-20-21-22)24-11-5-10-18-12-15-14-7-4-3-6-13(14)8-9-16(15)23-2/h3-4,6-9,18H,5,10-12H2,1-2H3. The summed E-state index contributed by atoms with van der Waals surface area (Å²) in [5.74, 6) is 1.91. The number of aryl methyl sites for hydroxylation is 1. The number of ether oxygens (including phenoxy) is 1. The molecule has 0 spiro atoms. The molecule has 7 heteroatoms. The van der Waals surface area contributed by atoms with Gasteiger partial charge in [-0.25, -0.2) is 4.68 Å². The van der Waals surface area contributed by atoms with Crippen molar-refractivity contribution in [1.82, 2.24) is 25.5 Å². The third-order valence-corrected chi connectivity index (χ3v) is 4.93. The minimum absolute atomic E-state index is 0.792. The molecule has 0 unspecified atom stereocenters. The Morgan fingerprint density at radius 1 is 1.21 bits per heavy atom. The first-order valence-corrected chi connectivity index (χ1v) is 8.88. The lowest BCUT2D eigenvalue weighted by Crippen LogP contribution is -2.16. The normalized spacial score (nSPS) is 11.1. The van der Waals surface area contributed by atoms with Crippen molar-refractivity contribution in [3.8, 4) is 5.75 Å². The largest absolute Gasteiger partial charge is 0.496 e. The fourth-order valence-electron chi connectivity index (χ4n) is 2.61. The van der Waals surface area contributed by atoms with Crippen LogP contribution in [-0.4, -0.2) is 39.6 Å². The number of thioether (sulfide) groups is 1. The molecule has 6 nitrogen and oxygen atoms in total. The number of fused-ring (bicyclic) bond motifs is 1. The van der Waals surface area contributed by atoms with E-state index in [0.717, 1.165) is 36.2 Å². The smallest absolute Gasteiger partial charge is 0.209 e. The highest BCUT2D eigenvalue weighted by Crippen LogP contribution is 2.27. The van der Waals surface area contributed by atoms with Gasteiger partial charge >= 0.3 is 0 Å². The lowest BCUT2D eigenvalue weighted by Gasteiger charge is -2.13. The number of benzene rings is 2. The zero-order valence-electron chi connectivity index (χ0n) is 13.9. The summed E-state index contributed by atoms with van der Waals surface area (Å²) in [6.07, 6.45) is 1.05. The van der Waals surface area contributed by atoms with Crippen LogP contribution < -0.4 is 10.1 Å². The quantitative estimate of drug-likeness (QED) is 0.501. The minimum atomic E-state index is 0.792. The highest BCUT2D eigenvalue weighted by atomic mass is 32.2. The highest BCUT2D eigenvalue weighted by Gasteiger charge is 2.08. The minimum Gasteiger partial charge on any atom is -0.496 e. The molecule has 0 saturated carbocycles. The molecule has 3 rings (SSSR count). The first kappa shape index (κ1) is 16.7. The number of tetrazole rings is 1.